The third-order valence-electron chi connectivity index (χ3n) is 3.87. The van der Waals surface area contributed by atoms with Crippen LogP contribution in [0.5, 0.6) is 0 Å². The fourth-order valence-corrected chi connectivity index (χ4v) is 2.86. The van der Waals surface area contributed by atoms with Crippen LogP contribution >= 0.6 is 0 Å². The molecule has 0 saturated carbocycles. The molecule has 2 heteroatoms. The molecule has 3 N–H and O–H groups in total. The molecule has 3 rings (SSSR count). The van der Waals surface area contributed by atoms with Crippen molar-refractivity contribution in [1.82, 2.24) is 4.98 Å². The molecule has 1 heterocycles. The van der Waals surface area contributed by atoms with Crippen molar-refractivity contribution in [3.63, 3.8) is 0 Å². The number of rotatable bonds is 1. The number of aromatic nitrogens is 1. The standard InChI is InChI=1S/C14H18N2/c1-9-3-2-4-11-12-7-10(8-15)5-6-13(12)16-14(9)11/h2-4,10,16H,5-8,15H2,1H3. The summed E-state index contributed by atoms with van der Waals surface area (Å²) in [5, 5.41) is 1.41. The fourth-order valence-electron chi connectivity index (χ4n) is 2.86. The van der Waals surface area contributed by atoms with Gasteiger partial charge in [0.15, 0.2) is 0 Å². The van der Waals surface area contributed by atoms with Crippen LogP contribution in [0.4, 0.5) is 0 Å². The first-order valence-electron chi connectivity index (χ1n) is 6.08. The molecule has 1 unspecified atom stereocenters. The zero-order chi connectivity index (χ0) is 11.1. The van der Waals surface area contributed by atoms with Gasteiger partial charge in [0.05, 0.1) is 0 Å². The van der Waals surface area contributed by atoms with Gasteiger partial charge in [-0.05, 0) is 49.8 Å². The lowest BCUT2D eigenvalue weighted by Crippen LogP contribution is -2.21. The number of fused-ring (bicyclic) bond motifs is 3. The Morgan fingerprint density at radius 3 is 3.12 bits per heavy atom. The molecule has 0 fully saturated rings. The van der Waals surface area contributed by atoms with E-state index < -0.39 is 0 Å². The van der Waals surface area contributed by atoms with Gasteiger partial charge in [-0.1, -0.05) is 18.2 Å². The SMILES string of the molecule is Cc1cccc2c3c([nH]c12)CCC(CN)C3. The Labute approximate surface area is 95.8 Å². The topological polar surface area (TPSA) is 41.8 Å². The van der Waals surface area contributed by atoms with Crippen LogP contribution in [0, 0.1) is 12.8 Å². The summed E-state index contributed by atoms with van der Waals surface area (Å²) >= 11 is 0. The summed E-state index contributed by atoms with van der Waals surface area (Å²) in [4.78, 5) is 3.59. The number of para-hydroxylation sites is 1. The normalized spacial score (nSPS) is 20.0. The zero-order valence-corrected chi connectivity index (χ0v) is 9.72. The Hall–Kier alpha value is -1.28. The minimum Gasteiger partial charge on any atom is -0.358 e. The number of H-pyrrole nitrogens is 1. The number of aromatic amines is 1. The van der Waals surface area contributed by atoms with Gasteiger partial charge in [-0.3, -0.25) is 0 Å². The second-order valence-electron chi connectivity index (χ2n) is 4.92. The highest BCUT2D eigenvalue weighted by Gasteiger charge is 2.21. The van der Waals surface area contributed by atoms with Crippen molar-refractivity contribution in [2.24, 2.45) is 11.7 Å². The number of nitrogens with two attached hydrogens (primary N) is 1. The van der Waals surface area contributed by atoms with Crippen molar-refractivity contribution in [1.29, 1.82) is 0 Å². The second kappa shape index (κ2) is 3.63. The lowest BCUT2D eigenvalue weighted by molar-refractivity contribution is 0.468. The van der Waals surface area contributed by atoms with E-state index in [2.05, 4.69) is 30.1 Å². The van der Waals surface area contributed by atoms with Crippen LogP contribution < -0.4 is 5.73 Å². The molecule has 1 aromatic carbocycles. The molecule has 16 heavy (non-hydrogen) atoms. The van der Waals surface area contributed by atoms with Crippen LogP contribution in [0.3, 0.4) is 0 Å². The maximum absolute atomic E-state index is 5.79. The summed E-state index contributed by atoms with van der Waals surface area (Å²) in [6.45, 7) is 2.99. The molecule has 0 saturated heterocycles. The van der Waals surface area contributed by atoms with Gasteiger partial charge in [-0.2, -0.15) is 0 Å². The van der Waals surface area contributed by atoms with Gasteiger partial charge in [-0.15, -0.1) is 0 Å². The smallest absolute Gasteiger partial charge is 0.0488 e. The van der Waals surface area contributed by atoms with Crippen LogP contribution in [-0.2, 0) is 12.8 Å². The summed E-state index contributed by atoms with van der Waals surface area (Å²) in [5.41, 5.74) is 11.4. The van der Waals surface area contributed by atoms with E-state index in [1.165, 1.54) is 34.1 Å². The van der Waals surface area contributed by atoms with Gasteiger partial charge in [0.25, 0.3) is 0 Å². The monoisotopic (exact) mass is 214 g/mol. The minimum atomic E-state index is 0.673. The molecule has 2 aromatic rings. The number of aryl methyl sites for hydroxylation is 2. The third kappa shape index (κ3) is 1.37. The average Bonchev–Trinajstić information content (AvgIpc) is 2.68. The van der Waals surface area contributed by atoms with Crippen LogP contribution in [0.15, 0.2) is 18.2 Å². The third-order valence-corrected chi connectivity index (χ3v) is 3.87. The van der Waals surface area contributed by atoms with Gasteiger partial charge in [0.2, 0.25) is 0 Å². The van der Waals surface area contributed by atoms with E-state index >= 15 is 0 Å². The van der Waals surface area contributed by atoms with E-state index in [0.717, 1.165) is 19.4 Å². The second-order valence-corrected chi connectivity index (χ2v) is 4.92. The summed E-state index contributed by atoms with van der Waals surface area (Å²) < 4.78 is 0. The van der Waals surface area contributed by atoms with Crippen LogP contribution in [0.25, 0.3) is 10.9 Å². The maximum Gasteiger partial charge on any atom is 0.0488 e. The van der Waals surface area contributed by atoms with Crippen LogP contribution in [-0.4, -0.2) is 11.5 Å². The number of hydrogen-bond acceptors (Lipinski definition) is 1. The molecule has 0 bridgehead atoms. The van der Waals surface area contributed by atoms with Crippen molar-refractivity contribution in [3.05, 3.63) is 35.0 Å². The predicted octanol–water partition coefficient (Wildman–Crippen LogP) is 2.54. The minimum absolute atomic E-state index is 0.673. The van der Waals surface area contributed by atoms with E-state index in [9.17, 15) is 0 Å². The van der Waals surface area contributed by atoms with Crippen LogP contribution in [0.2, 0.25) is 0 Å². The highest BCUT2D eigenvalue weighted by Crippen LogP contribution is 2.32. The van der Waals surface area contributed by atoms with Gasteiger partial charge >= 0.3 is 0 Å². The Morgan fingerprint density at radius 1 is 1.44 bits per heavy atom. The first-order chi connectivity index (χ1) is 7.79. The number of benzene rings is 1. The van der Waals surface area contributed by atoms with E-state index in [1.54, 1.807) is 0 Å². The number of hydrogen-bond donors (Lipinski definition) is 2. The lowest BCUT2D eigenvalue weighted by Gasteiger charge is -2.20. The van der Waals surface area contributed by atoms with Gasteiger partial charge < -0.3 is 10.7 Å². The summed E-state index contributed by atoms with van der Waals surface area (Å²) in [6, 6.07) is 6.55. The molecule has 1 aliphatic carbocycles. The Bertz CT molecular complexity index is 525. The van der Waals surface area contributed by atoms with E-state index in [4.69, 9.17) is 5.73 Å². The predicted molar refractivity (Wildman–Crippen MR) is 67.6 cm³/mol. The molecule has 2 nitrogen and oxygen atoms in total. The van der Waals surface area contributed by atoms with E-state index in [1.807, 2.05) is 0 Å². The van der Waals surface area contributed by atoms with Crippen molar-refractivity contribution in [3.8, 4) is 0 Å². The maximum atomic E-state index is 5.79. The molecular weight excluding hydrogens is 196 g/mol. The highest BCUT2D eigenvalue weighted by molar-refractivity contribution is 5.87. The Balaban J connectivity index is 2.18. The van der Waals surface area contributed by atoms with Crippen molar-refractivity contribution < 1.29 is 0 Å². The number of nitrogens with one attached hydrogen (secondary N) is 1. The fraction of sp³-hybridized carbons (Fsp3) is 0.429. The van der Waals surface area contributed by atoms with Crippen molar-refractivity contribution in [2.75, 3.05) is 6.54 Å². The molecular formula is C14H18N2. The molecule has 1 aromatic heterocycles. The van der Waals surface area contributed by atoms with Gasteiger partial charge in [0.1, 0.15) is 0 Å². The highest BCUT2D eigenvalue weighted by atomic mass is 14.7. The van der Waals surface area contributed by atoms with E-state index in [-0.39, 0.29) is 0 Å². The molecule has 84 valence electrons. The van der Waals surface area contributed by atoms with E-state index in [0.29, 0.717) is 5.92 Å². The van der Waals surface area contributed by atoms with Crippen LogP contribution in [0.1, 0.15) is 23.2 Å². The summed E-state index contributed by atoms with van der Waals surface area (Å²) in [5.74, 6) is 0.673. The summed E-state index contributed by atoms with van der Waals surface area (Å²) in [6.07, 6.45) is 3.54. The van der Waals surface area contributed by atoms with Crippen molar-refractivity contribution in [2.45, 2.75) is 26.2 Å². The summed E-state index contributed by atoms with van der Waals surface area (Å²) in [7, 11) is 0. The average molecular weight is 214 g/mol. The van der Waals surface area contributed by atoms with Crippen molar-refractivity contribution >= 4 is 10.9 Å². The Kier molecular flexibility index (Phi) is 2.25. The largest absolute Gasteiger partial charge is 0.358 e. The van der Waals surface area contributed by atoms with Gasteiger partial charge in [0, 0.05) is 16.6 Å². The first kappa shape index (κ1) is 9.91. The quantitative estimate of drug-likeness (QED) is 0.752. The lowest BCUT2D eigenvalue weighted by atomic mass is 9.86. The molecule has 0 radical (unpaired) electrons. The van der Waals surface area contributed by atoms with Gasteiger partial charge in [-0.25, -0.2) is 0 Å². The zero-order valence-electron chi connectivity index (χ0n) is 9.72. The molecule has 0 aliphatic heterocycles. The Morgan fingerprint density at radius 2 is 2.31 bits per heavy atom. The molecule has 1 atom stereocenters. The molecule has 1 aliphatic rings. The molecule has 0 spiro atoms. The first-order valence-corrected chi connectivity index (χ1v) is 6.08. The molecule has 0 amide bonds.